The maximum atomic E-state index is 13.6. The third-order valence-corrected chi connectivity index (χ3v) is 3.42. The van der Waals surface area contributed by atoms with Crippen molar-refractivity contribution in [3.63, 3.8) is 0 Å². The molecule has 0 aromatic heterocycles. The molecule has 98 valence electrons. The van der Waals surface area contributed by atoms with E-state index >= 15 is 0 Å². The van der Waals surface area contributed by atoms with E-state index in [9.17, 15) is 9.18 Å². The van der Waals surface area contributed by atoms with E-state index in [4.69, 9.17) is 4.74 Å². The second kappa shape index (κ2) is 5.96. The molecule has 0 saturated carbocycles. The quantitative estimate of drug-likeness (QED) is 0.769. The van der Waals surface area contributed by atoms with Gasteiger partial charge in [-0.1, -0.05) is 12.5 Å². The van der Waals surface area contributed by atoms with Crippen LogP contribution in [0.5, 0.6) is 5.75 Å². The van der Waals surface area contributed by atoms with Gasteiger partial charge in [-0.05, 0) is 37.1 Å². The van der Waals surface area contributed by atoms with E-state index < -0.39 is 0 Å². The monoisotopic (exact) mass is 251 g/mol. The number of rotatable bonds is 4. The number of nitrogens with zero attached hydrogens (tertiary/aromatic N) is 1. The predicted molar refractivity (Wildman–Crippen MR) is 67.1 cm³/mol. The summed E-state index contributed by atoms with van der Waals surface area (Å²) in [5, 5.41) is 0. The highest BCUT2D eigenvalue weighted by molar-refractivity contribution is 5.57. The van der Waals surface area contributed by atoms with Crippen LogP contribution in [0.15, 0.2) is 18.2 Å². The highest BCUT2D eigenvalue weighted by Crippen LogP contribution is 2.22. The van der Waals surface area contributed by atoms with Gasteiger partial charge in [-0.2, -0.15) is 0 Å². The van der Waals surface area contributed by atoms with Gasteiger partial charge in [0.25, 0.3) is 0 Å². The number of likely N-dealkylation sites (tertiary alicyclic amines) is 1. The van der Waals surface area contributed by atoms with Crippen LogP contribution in [0.4, 0.5) is 4.39 Å². The largest absolute Gasteiger partial charge is 0.494 e. The molecule has 2 rings (SSSR count). The fourth-order valence-corrected chi connectivity index (χ4v) is 2.41. The number of aldehydes is 1. The molecule has 1 unspecified atom stereocenters. The summed E-state index contributed by atoms with van der Waals surface area (Å²) in [6.45, 7) is 1.52. The van der Waals surface area contributed by atoms with Gasteiger partial charge in [0, 0.05) is 6.54 Å². The minimum absolute atomic E-state index is 0.0242. The molecule has 1 aliphatic heterocycles. The Morgan fingerprint density at radius 2 is 2.33 bits per heavy atom. The first-order valence-corrected chi connectivity index (χ1v) is 6.26. The fourth-order valence-electron chi connectivity index (χ4n) is 2.41. The van der Waals surface area contributed by atoms with E-state index in [1.807, 2.05) is 6.07 Å². The molecule has 0 radical (unpaired) electrons. The molecule has 3 nitrogen and oxygen atoms in total. The Hall–Kier alpha value is -1.42. The van der Waals surface area contributed by atoms with Gasteiger partial charge in [-0.15, -0.1) is 0 Å². The Morgan fingerprint density at radius 3 is 3.00 bits per heavy atom. The summed E-state index contributed by atoms with van der Waals surface area (Å²) < 4.78 is 18.5. The Labute approximate surface area is 107 Å². The van der Waals surface area contributed by atoms with Crippen LogP contribution in [0.2, 0.25) is 0 Å². The summed E-state index contributed by atoms with van der Waals surface area (Å²) in [6.07, 6.45) is 4.10. The lowest BCUT2D eigenvalue weighted by Crippen LogP contribution is -2.39. The van der Waals surface area contributed by atoms with Crippen LogP contribution < -0.4 is 4.74 Å². The van der Waals surface area contributed by atoms with E-state index in [0.29, 0.717) is 6.54 Å². The first-order chi connectivity index (χ1) is 8.74. The number of carbonyl (C=O) groups is 1. The number of ether oxygens (including phenoxy) is 1. The first-order valence-electron chi connectivity index (χ1n) is 6.26. The highest BCUT2D eigenvalue weighted by Gasteiger charge is 2.21. The summed E-state index contributed by atoms with van der Waals surface area (Å²) in [5.74, 6) is -0.0982. The van der Waals surface area contributed by atoms with Crippen molar-refractivity contribution in [2.45, 2.75) is 31.8 Å². The molecule has 18 heavy (non-hydrogen) atoms. The molecule has 0 aliphatic carbocycles. The third-order valence-electron chi connectivity index (χ3n) is 3.42. The Balaban J connectivity index is 2.08. The standard InChI is InChI=1S/C14H18FNO2/c1-18-14-6-5-11(8-13(14)15)9-16-7-3-2-4-12(16)10-17/h5-6,8,10,12H,2-4,7,9H2,1H3. The maximum absolute atomic E-state index is 13.6. The molecule has 1 heterocycles. The molecule has 1 fully saturated rings. The van der Waals surface area contributed by atoms with Gasteiger partial charge in [0.2, 0.25) is 0 Å². The molecule has 0 spiro atoms. The molecule has 1 aliphatic rings. The number of halogens is 1. The number of methoxy groups -OCH3 is 1. The predicted octanol–water partition coefficient (Wildman–Crippen LogP) is 2.39. The van der Waals surface area contributed by atoms with Crippen molar-refractivity contribution < 1.29 is 13.9 Å². The van der Waals surface area contributed by atoms with Gasteiger partial charge in [0.15, 0.2) is 11.6 Å². The van der Waals surface area contributed by atoms with Crippen molar-refractivity contribution in [3.8, 4) is 5.75 Å². The van der Waals surface area contributed by atoms with Crippen molar-refractivity contribution in [3.05, 3.63) is 29.6 Å². The van der Waals surface area contributed by atoms with Crippen molar-refractivity contribution in [2.75, 3.05) is 13.7 Å². The topological polar surface area (TPSA) is 29.5 Å². The summed E-state index contributed by atoms with van der Waals surface area (Å²) in [6, 6.07) is 4.93. The number of carbonyl (C=O) groups excluding carboxylic acids is 1. The molecule has 1 saturated heterocycles. The molecule has 0 bridgehead atoms. The molecule has 4 heteroatoms. The molecule has 1 aromatic carbocycles. The van der Waals surface area contributed by atoms with Crippen LogP contribution in [0.1, 0.15) is 24.8 Å². The maximum Gasteiger partial charge on any atom is 0.165 e. The molecule has 0 N–H and O–H groups in total. The van der Waals surface area contributed by atoms with Crippen LogP contribution >= 0.6 is 0 Å². The van der Waals surface area contributed by atoms with Gasteiger partial charge in [0.05, 0.1) is 13.2 Å². The lowest BCUT2D eigenvalue weighted by atomic mass is 10.0. The minimum Gasteiger partial charge on any atom is -0.494 e. The second-order valence-electron chi connectivity index (χ2n) is 4.64. The normalized spacial score (nSPS) is 20.7. The Morgan fingerprint density at radius 1 is 1.50 bits per heavy atom. The average Bonchev–Trinajstić information content (AvgIpc) is 2.39. The van der Waals surface area contributed by atoms with Crippen molar-refractivity contribution >= 4 is 6.29 Å². The zero-order valence-corrected chi connectivity index (χ0v) is 10.6. The molecule has 1 atom stereocenters. The van der Waals surface area contributed by atoms with E-state index in [1.54, 1.807) is 6.07 Å². The SMILES string of the molecule is COc1ccc(CN2CCCCC2C=O)cc1F. The Bertz CT molecular complexity index is 422. The summed E-state index contributed by atoms with van der Waals surface area (Å²) in [7, 11) is 1.45. The number of hydrogen-bond donors (Lipinski definition) is 0. The van der Waals surface area contributed by atoms with Crippen molar-refractivity contribution in [2.24, 2.45) is 0 Å². The number of hydrogen-bond acceptors (Lipinski definition) is 3. The van der Waals surface area contributed by atoms with Crippen molar-refractivity contribution in [1.82, 2.24) is 4.90 Å². The van der Waals surface area contributed by atoms with Gasteiger partial charge < -0.3 is 9.53 Å². The first kappa shape index (κ1) is 13.0. The van der Waals surface area contributed by atoms with Crippen LogP contribution in [0.3, 0.4) is 0 Å². The van der Waals surface area contributed by atoms with E-state index in [0.717, 1.165) is 37.7 Å². The van der Waals surface area contributed by atoms with E-state index in [2.05, 4.69) is 4.90 Å². The molecular formula is C14H18FNO2. The van der Waals surface area contributed by atoms with E-state index in [-0.39, 0.29) is 17.6 Å². The van der Waals surface area contributed by atoms with Gasteiger partial charge in [-0.3, -0.25) is 4.90 Å². The summed E-state index contributed by atoms with van der Waals surface area (Å²) >= 11 is 0. The zero-order chi connectivity index (χ0) is 13.0. The average molecular weight is 251 g/mol. The minimum atomic E-state index is -0.352. The summed E-state index contributed by atoms with van der Waals surface area (Å²) in [4.78, 5) is 13.1. The van der Waals surface area contributed by atoms with Crippen LogP contribution in [-0.4, -0.2) is 30.9 Å². The number of benzene rings is 1. The molecule has 0 amide bonds. The smallest absolute Gasteiger partial charge is 0.165 e. The summed E-state index contributed by atoms with van der Waals surface area (Å²) in [5.41, 5.74) is 0.877. The Kier molecular flexibility index (Phi) is 4.31. The van der Waals surface area contributed by atoms with Gasteiger partial charge in [0.1, 0.15) is 6.29 Å². The zero-order valence-electron chi connectivity index (χ0n) is 10.6. The van der Waals surface area contributed by atoms with Crippen LogP contribution in [0.25, 0.3) is 0 Å². The second-order valence-corrected chi connectivity index (χ2v) is 4.64. The van der Waals surface area contributed by atoms with Gasteiger partial charge in [-0.25, -0.2) is 4.39 Å². The van der Waals surface area contributed by atoms with Crippen LogP contribution in [0, 0.1) is 5.82 Å². The lowest BCUT2D eigenvalue weighted by Gasteiger charge is -2.32. The third kappa shape index (κ3) is 2.88. The molecule has 1 aromatic rings. The highest BCUT2D eigenvalue weighted by atomic mass is 19.1. The lowest BCUT2D eigenvalue weighted by molar-refractivity contribution is -0.113. The van der Waals surface area contributed by atoms with E-state index in [1.165, 1.54) is 13.2 Å². The van der Waals surface area contributed by atoms with Gasteiger partial charge >= 0.3 is 0 Å². The van der Waals surface area contributed by atoms with Crippen molar-refractivity contribution in [1.29, 1.82) is 0 Å². The molecular weight excluding hydrogens is 233 g/mol. The fraction of sp³-hybridized carbons (Fsp3) is 0.500. The number of piperidine rings is 1. The van der Waals surface area contributed by atoms with Crippen LogP contribution in [-0.2, 0) is 11.3 Å².